The Morgan fingerprint density at radius 3 is 3.08 bits per heavy atom. The molecule has 2 aromatic heterocycles. The molecule has 2 rings (SSSR count). The number of rotatable bonds is 1. The lowest BCUT2D eigenvalue weighted by Gasteiger charge is -1.92. The number of nitrogens with one attached hydrogen (secondary N) is 2. The maximum Gasteiger partial charge on any atom is 0.270 e. The van der Waals surface area contributed by atoms with Crippen molar-refractivity contribution in [2.24, 2.45) is 0 Å². The van der Waals surface area contributed by atoms with Crippen molar-refractivity contribution in [1.82, 2.24) is 20.5 Å². The van der Waals surface area contributed by atoms with Gasteiger partial charge >= 0.3 is 0 Å². The summed E-state index contributed by atoms with van der Waals surface area (Å²) in [7, 11) is 1.59. The highest BCUT2D eigenvalue weighted by Gasteiger charge is 2.14. The van der Waals surface area contributed by atoms with Crippen LogP contribution in [-0.2, 0) is 0 Å². The zero-order chi connectivity index (χ0) is 9.42. The predicted octanol–water partition coefficient (Wildman–Crippen LogP) is 0.687. The molecule has 13 heavy (non-hydrogen) atoms. The number of H-pyrrole nitrogens is 1. The molecule has 5 nitrogen and oxygen atoms in total. The molecular formula is C7H8N4OS. The summed E-state index contributed by atoms with van der Waals surface area (Å²) in [5.74, 6) is -0.161. The summed E-state index contributed by atoms with van der Waals surface area (Å²) in [4.78, 5) is 15.4. The molecule has 0 aliphatic heterocycles. The zero-order valence-electron chi connectivity index (χ0n) is 7.21. The quantitative estimate of drug-likeness (QED) is 0.704. The second-order valence-corrected chi connectivity index (χ2v) is 3.77. The van der Waals surface area contributed by atoms with Crippen molar-refractivity contribution in [2.75, 3.05) is 7.05 Å². The number of carbonyl (C=O) groups is 1. The van der Waals surface area contributed by atoms with Gasteiger partial charge in [-0.1, -0.05) is 0 Å². The summed E-state index contributed by atoms with van der Waals surface area (Å²) < 4.78 is 0.817. The Morgan fingerprint density at radius 2 is 2.38 bits per heavy atom. The molecule has 0 fully saturated rings. The number of fused-ring (bicyclic) bond motifs is 1. The Morgan fingerprint density at radius 1 is 1.62 bits per heavy atom. The molecule has 2 N–H and O–H groups in total. The summed E-state index contributed by atoms with van der Waals surface area (Å²) in [5.41, 5.74) is 1.10. The first-order valence-corrected chi connectivity index (χ1v) is 4.57. The van der Waals surface area contributed by atoms with E-state index in [4.69, 9.17) is 0 Å². The summed E-state index contributed by atoms with van der Waals surface area (Å²) in [6.45, 7) is 1.89. The Hall–Kier alpha value is -1.43. The first kappa shape index (κ1) is 8.18. The normalized spacial score (nSPS) is 10.6. The second-order valence-electron chi connectivity index (χ2n) is 2.56. The number of aromatic nitrogens is 3. The lowest BCUT2D eigenvalue weighted by Crippen LogP contribution is -2.18. The Labute approximate surface area is 78.2 Å². The molecule has 0 aromatic carbocycles. The molecule has 68 valence electrons. The van der Waals surface area contributed by atoms with Gasteiger partial charge in [0.25, 0.3) is 5.91 Å². The van der Waals surface area contributed by atoms with Gasteiger partial charge in [-0.3, -0.25) is 9.89 Å². The highest BCUT2D eigenvalue weighted by molar-refractivity contribution is 7.18. The van der Waals surface area contributed by atoms with Crippen molar-refractivity contribution < 1.29 is 4.79 Å². The van der Waals surface area contributed by atoms with Gasteiger partial charge in [-0.15, -0.1) is 11.3 Å². The van der Waals surface area contributed by atoms with Crippen LogP contribution in [0.25, 0.3) is 10.3 Å². The minimum atomic E-state index is -0.161. The molecule has 0 radical (unpaired) electrons. The third kappa shape index (κ3) is 1.19. The smallest absolute Gasteiger partial charge is 0.270 e. The average Bonchev–Trinajstić information content (AvgIpc) is 2.61. The van der Waals surface area contributed by atoms with E-state index < -0.39 is 0 Å². The molecule has 0 saturated heterocycles. The van der Waals surface area contributed by atoms with E-state index in [9.17, 15) is 4.79 Å². The van der Waals surface area contributed by atoms with Gasteiger partial charge < -0.3 is 5.32 Å². The minimum absolute atomic E-state index is 0.161. The van der Waals surface area contributed by atoms with E-state index in [1.54, 1.807) is 7.05 Å². The molecule has 1 amide bonds. The highest BCUT2D eigenvalue weighted by atomic mass is 32.1. The van der Waals surface area contributed by atoms with E-state index in [-0.39, 0.29) is 5.91 Å². The Kier molecular flexibility index (Phi) is 1.77. The van der Waals surface area contributed by atoms with Crippen LogP contribution >= 0.6 is 11.3 Å². The van der Waals surface area contributed by atoms with E-state index in [0.29, 0.717) is 11.3 Å². The standard InChI is InChI=1S/C7H8N4OS/c1-3-9-6-5(13-3)4(10-11-6)7(12)8-2/h1-2H3,(H,8,12)(H,10,11). The molecule has 0 unspecified atom stereocenters. The van der Waals surface area contributed by atoms with E-state index in [1.807, 2.05) is 6.92 Å². The topological polar surface area (TPSA) is 70.7 Å². The molecule has 0 spiro atoms. The van der Waals surface area contributed by atoms with E-state index in [2.05, 4.69) is 20.5 Å². The minimum Gasteiger partial charge on any atom is -0.354 e. The molecule has 0 aliphatic rings. The molecule has 0 atom stereocenters. The Bertz CT molecular complexity index is 458. The number of hydrogen-bond donors (Lipinski definition) is 2. The van der Waals surface area contributed by atoms with Crippen LogP contribution in [0.5, 0.6) is 0 Å². The van der Waals surface area contributed by atoms with Crippen molar-refractivity contribution in [3.63, 3.8) is 0 Å². The van der Waals surface area contributed by atoms with E-state index in [1.165, 1.54) is 11.3 Å². The van der Waals surface area contributed by atoms with Crippen LogP contribution in [0.3, 0.4) is 0 Å². The fourth-order valence-corrected chi connectivity index (χ4v) is 1.94. The fourth-order valence-electron chi connectivity index (χ4n) is 1.09. The Balaban J connectivity index is 2.62. The molecule has 6 heteroatoms. The van der Waals surface area contributed by atoms with Crippen LogP contribution < -0.4 is 5.32 Å². The summed E-state index contributed by atoms with van der Waals surface area (Å²) in [6, 6.07) is 0. The van der Waals surface area contributed by atoms with Gasteiger partial charge in [0.1, 0.15) is 10.4 Å². The summed E-state index contributed by atoms with van der Waals surface area (Å²) in [6.07, 6.45) is 0. The second kappa shape index (κ2) is 2.81. The van der Waals surface area contributed by atoms with Gasteiger partial charge in [0.2, 0.25) is 0 Å². The average molecular weight is 196 g/mol. The lowest BCUT2D eigenvalue weighted by atomic mass is 10.4. The number of nitrogens with zero attached hydrogens (tertiary/aromatic N) is 2. The largest absolute Gasteiger partial charge is 0.354 e. The van der Waals surface area contributed by atoms with E-state index >= 15 is 0 Å². The van der Waals surface area contributed by atoms with Crippen molar-refractivity contribution in [3.05, 3.63) is 10.7 Å². The van der Waals surface area contributed by atoms with Gasteiger partial charge in [0.15, 0.2) is 5.65 Å². The van der Waals surface area contributed by atoms with Crippen LogP contribution in [0.1, 0.15) is 15.5 Å². The van der Waals surface area contributed by atoms with Crippen molar-refractivity contribution >= 4 is 27.6 Å². The maximum atomic E-state index is 11.3. The maximum absolute atomic E-state index is 11.3. The van der Waals surface area contributed by atoms with Crippen LogP contribution in [0.2, 0.25) is 0 Å². The van der Waals surface area contributed by atoms with Gasteiger partial charge in [-0.25, -0.2) is 4.98 Å². The first-order chi connectivity index (χ1) is 6.22. The fraction of sp³-hybridized carbons (Fsp3) is 0.286. The van der Waals surface area contributed by atoms with Crippen LogP contribution in [0.15, 0.2) is 0 Å². The zero-order valence-corrected chi connectivity index (χ0v) is 8.03. The predicted molar refractivity (Wildman–Crippen MR) is 49.9 cm³/mol. The monoisotopic (exact) mass is 196 g/mol. The SMILES string of the molecule is CNC(=O)c1[nH]nc2nc(C)sc12. The lowest BCUT2D eigenvalue weighted by molar-refractivity contribution is 0.0960. The number of carbonyl (C=O) groups excluding carboxylic acids is 1. The molecular weight excluding hydrogens is 188 g/mol. The molecule has 0 saturated carbocycles. The van der Waals surface area contributed by atoms with E-state index in [0.717, 1.165) is 9.71 Å². The third-order valence-corrected chi connectivity index (χ3v) is 2.65. The van der Waals surface area contributed by atoms with Crippen LogP contribution in [0.4, 0.5) is 0 Å². The van der Waals surface area contributed by atoms with Gasteiger partial charge in [-0.2, -0.15) is 5.10 Å². The number of thiazole rings is 1. The number of hydrogen-bond acceptors (Lipinski definition) is 4. The third-order valence-electron chi connectivity index (χ3n) is 1.67. The molecule has 2 heterocycles. The van der Waals surface area contributed by atoms with Gasteiger partial charge in [-0.05, 0) is 6.92 Å². The first-order valence-electron chi connectivity index (χ1n) is 3.76. The van der Waals surface area contributed by atoms with Crippen LogP contribution in [0, 0.1) is 6.92 Å². The molecule has 0 aliphatic carbocycles. The van der Waals surface area contributed by atoms with Crippen LogP contribution in [-0.4, -0.2) is 28.1 Å². The molecule has 2 aromatic rings. The number of aromatic amines is 1. The van der Waals surface area contributed by atoms with Crippen molar-refractivity contribution in [2.45, 2.75) is 6.92 Å². The highest BCUT2D eigenvalue weighted by Crippen LogP contribution is 2.22. The van der Waals surface area contributed by atoms with Crippen molar-refractivity contribution in [1.29, 1.82) is 0 Å². The van der Waals surface area contributed by atoms with Gasteiger partial charge in [0, 0.05) is 7.05 Å². The summed E-state index contributed by atoms with van der Waals surface area (Å²) in [5, 5.41) is 10.0. The van der Waals surface area contributed by atoms with Gasteiger partial charge in [0.05, 0.1) is 5.01 Å². The van der Waals surface area contributed by atoms with Crippen molar-refractivity contribution in [3.8, 4) is 0 Å². The molecule has 0 bridgehead atoms. The number of aryl methyl sites for hydroxylation is 1. The number of amides is 1. The summed E-state index contributed by atoms with van der Waals surface area (Å²) >= 11 is 1.46.